The van der Waals surface area contributed by atoms with E-state index in [0.29, 0.717) is 7.92 Å². The molecule has 14 heavy (non-hydrogen) atoms. The molecule has 82 valence electrons. The molecule has 0 bridgehead atoms. The van der Waals surface area contributed by atoms with Crippen LogP contribution in [0.15, 0.2) is 0 Å². The molecule has 0 nitrogen and oxygen atoms in total. The van der Waals surface area contributed by atoms with Gasteiger partial charge in [-0.1, -0.05) is 48.0 Å². The molecule has 1 unspecified atom stereocenters. The van der Waals surface area contributed by atoms with Crippen molar-refractivity contribution in [1.82, 2.24) is 0 Å². The highest BCUT2D eigenvalue weighted by atomic mass is 31.1. The first-order chi connectivity index (χ1) is 6.74. The SMILES string of the molecule is CCCC1CCC[C@@H]1P1[C@H](C)C[C@H]1C. The Labute approximate surface area is 90.6 Å². The number of rotatable bonds is 3. The monoisotopic (exact) mass is 212 g/mol. The van der Waals surface area contributed by atoms with Crippen LogP contribution in [0, 0.1) is 5.92 Å². The van der Waals surface area contributed by atoms with Crippen molar-refractivity contribution in [1.29, 1.82) is 0 Å². The predicted octanol–water partition coefficient (Wildman–Crippen LogP) is 4.62. The number of hydrogen-bond donors (Lipinski definition) is 0. The Balaban J connectivity index is 1.95. The van der Waals surface area contributed by atoms with Crippen LogP contribution in [-0.2, 0) is 0 Å². The van der Waals surface area contributed by atoms with Gasteiger partial charge in [-0.15, -0.1) is 0 Å². The summed E-state index contributed by atoms with van der Waals surface area (Å²) in [7, 11) is 0.428. The molecule has 0 aromatic rings. The van der Waals surface area contributed by atoms with Crippen molar-refractivity contribution in [3.05, 3.63) is 0 Å². The lowest BCUT2D eigenvalue weighted by atomic mass is 10.0. The summed E-state index contributed by atoms with van der Waals surface area (Å²) in [6.45, 7) is 7.37. The average Bonchev–Trinajstić information content (AvgIpc) is 2.54. The largest absolute Gasteiger partial charge is 0.0974 e. The Kier molecular flexibility index (Phi) is 3.53. The summed E-state index contributed by atoms with van der Waals surface area (Å²) in [5.74, 6) is 1.12. The maximum Gasteiger partial charge on any atom is -0.0176 e. The van der Waals surface area contributed by atoms with E-state index in [1.165, 1.54) is 31.3 Å². The zero-order valence-corrected chi connectivity index (χ0v) is 10.9. The van der Waals surface area contributed by atoms with Crippen molar-refractivity contribution >= 4 is 7.92 Å². The van der Waals surface area contributed by atoms with E-state index in [4.69, 9.17) is 0 Å². The average molecular weight is 212 g/mol. The van der Waals surface area contributed by atoms with Crippen molar-refractivity contribution in [3.63, 3.8) is 0 Å². The van der Waals surface area contributed by atoms with E-state index in [2.05, 4.69) is 20.8 Å². The van der Waals surface area contributed by atoms with Crippen LogP contribution < -0.4 is 0 Å². The molecule has 1 saturated heterocycles. The summed E-state index contributed by atoms with van der Waals surface area (Å²) < 4.78 is 0. The second-order valence-electron chi connectivity index (χ2n) is 5.43. The van der Waals surface area contributed by atoms with Gasteiger partial charge in [-0.05, 0) is 42.2 Å². The molecule has 1 aliphatic heterocycles. The maximum atomic E-state index is 2.51. The van der Waals surface area contributed by atoms with Crippen LogP contribution in [0.25, 0.3) is 0 Å². The molecule has 0 spiro atoms. The summed E-state index contributed by atoms with van der Waals surface area (Å²) in [5, 5.41) is 0. The maximum absolute atomic E-state index is 2.51. The standard InChI is InChI=1S/C13H25P/c1-4-6-12-7-5-8-13(12)14-10(2)9-11(14)3/h10-13H,4-9H2,1-3H3/t10-,11-,12?,13+/m1/s1. The van der Waals surface area contributed by atoms with Crippen LogP contribution in [-0.4, -0.2) is 17.0 Å². The normalized spacial score (nSPS) is 43.9. The second kappa shape index (κ2) is 4.52. The second-order valence-corrected chi connectivity index (χ2v) is 8.75. The van der Waals surface area contributed by atoms with Gasteiger partial charge in [-0.2, -0.15) is 0 Å². The highest BCUT2D eigenvalue weighted by Crippen LogP contribution is 2.67. The van der Waals surface area contributed by atoms with Crippen molar-refractivity contribution in [2.24, 2.45) is 5.92 Å². The molecule has 1 heterocycles. The van der Waals surface area contributed by atoms with Gasteiger partial charge in [0.25, 0.3) is 0 Å². The predicted molar refractivity (Wildman–Crippen MR) is 66.5 cm³/mol. The fourth-order valence-corrected chi connectivity index (χ4v) is 7.97. The highest BCUT2D eigenvalue weighted by Gasteiger charge is 2.43. The molecule has 1 saturated carbocycles. The van der Waals surface area contributed by atoms with Crippen LogP contribution in [0.5, 0.6) is 0 Å². The third kappa shape index (κ3) is 1.87. The minimum Gasteiger partial charge on any atom is -0.0974 e. The smallest absolute Gasteiger partial charge is 0.0176 e. The van der Waals surface area contributed by atoms with Crippen LogP contribution >= 0.6 is 7.92 Å². The zero-order valence-electron chi connectivity index (χ0n) is 10.00. The quantitative estimate of drug-likeness (QED) is 0.599. The Morgan fingerprint density at radius 1 is 1.14 bits per heavy atom. The molecule has 1 heteroatoms. The lowest BCUT2D eigenvalue weighted by Gasteiger charge is -2.47. The first-order valence-corrected chi connectivity index (χ1v) is 8.06. The van der Waals surface area contributed by atoms with Gasteiger partial charge in [0.2, 0.25) is 0 Å². The summed E-state index contributed by atoms with van der Waals surface area (Å²) in [4.78, 5) is 0. The molecule has 0 N–H and O–H groups in total. The van der Waals surface area contributed by atoms with E-state index in [9.17, 15) is 0 Å². The fourth-order valence-electron chi connectivity index (χ4n) is 3.80. The topological polar surface area (TPSA) is 0 Å². The molecular formula is C13H25P. The fraction of sp³-hybridized carbons (Fsp3) is 1.00. The van der Waals surface area contributed by atoms with Crippen molar-refractivity contribution in [2.45, 2.75) is 76.3 Å². The highest BCUT2D eigenvalue weighted by molar-refractivity contribution is 7.61. The van der Waals surface area contributed by atoms with Crippen LogP contribution in [0.4, 0.5) is 0 Å². The molecule has 0 aromatic carbocycles. The first kappa shape index (κ1) is 10.9. The van der Waals surface area contributed by atoms with Crippen LogP contribution in [0.3, 0.4) is 0 Å². The van der Waals surface area contributed by atoms with Gasteiger partial charge in [0.15, 0.2) is 0 Å². The molecule has 0 amide bonds. The number of hydrogen-bond acceptors (Lipinski definition) is 0. The molecule has 2 aliphatic rings. The van der Waals surface area contributed by atoms with Gasteiger partial charge >= 0.3 is 0 Å². The lowest BCUT2D eigenvalue weighted by Crippen LogP contribution is -2.33. The van der Waals surface area contributed by atoms with E-state index in [-0.39, 0.29) is 0 Å². The molecule has 2 fully saturated rings. The van der Waals surface area contributed by atoms with Crippen molar-refractivity contribution < 1.29 is 0 Å². The molecule has 0 aromatic heterocycles. The van der Waals surface area contributed by atoms with Crippen molar-refractivity contribution in [2.75, 3.05) is 0 Å². The van der Waals surface area contributed by atoms with Gasteiger partial charge < -0.3 is 0 Å². The zero-order chi connectivity index (χ0) is 10.1. The third-order valence-corrected chi connectivity index (χ3v) is 8.26. The van der Waals surface area contributed by atoms with Crippen molar-refractivity contribution in [3.8, 4) is 0 Å². The van der Waals surface area contributed by atoms with E-state index >= 15 is 0 Å². The Bertz CT molecular complexity index is 182. The minimum atomic E-state index is 0.428. The van der Waals surface area contributed by atoms with Gasteiger partial charge in [0, 0.05) is 0 Å². The van der Waals surface area contributed by atoms with Gasteiger partial charge in [0.1, 0.15) is 0 Å². The van der Waals surface area contributed by atoms with E-state index in [0.717, 1.165) is 17.2 Å². The molecule has 4 atom stereocenters. The van der Waals surface area contributed by atoms with E-state index in [1.54, 1.807) is 12.8 Å². The van der Waals surface area contributed by atoms with E-state index < -0.39 is 0 Å². The Morgan fingerprint density at radius 3 is 2.43 bits per heavy atom. The molecule has 1 aliphatic carbocycles. The van der Waals surface area contributed by atoms with E-state index in [1.807, 2.05) is 0 Å². The Morgan fingerprint density at radius 2 is 1.86 bits per heavy atom. The molecule has 2 rings (SSSR count). The summed E-state index contributed by atoms with van der Waals surface area (Å²) in [6.07, 6.45) is 9.12. The van der Waals surface area contributed by atoms with Gasteiger partial charge in [0.05, 0.1) is 0 Å². The molecular weight excluding hydrogens is 187 g/mol. The Hall–Kier alpha value is 0.430. The van der Waals surface area contributed by atoms with Gasteiger partial charge in [-0.25, -0.2) is 0 Å². The van der Waals surface area contributed by atoms with Crippen LogP contribution in [0.2, 0.25) is 0 Å². The minimum absolute atomic E-state index is 0.428. The first-order valence-electron chi connectivity index (χ1n) is 6.51. The van der Waals surface area contributed by atoms with Gasteiger partial charge in [-0.3, -0.25) is 0 Å². The third-order valence-electron chi connectivity index (χ3n) is 4.36. The van der Waals surface area contributed by atoms with Crippen LogP contribution in [0.1, 0.15) is 59.3 Å². The lowest BCUT2D eigenvalue weighted by molar-refractivity contribution is 0.491. The summed E-state index contributed by atoms with van der Waals surface area (Å²) in [5.41, 5.74) is 3.37. The molecule has 0 radical (unpaired) electrons. The summed E-state index contributed by atoms with van der Waals surface area (Å²) >= 11 is 0. The summed E-state index contributed by atoms with van der Waals surface area (Å²) in [6, 6.07) is 0.